The van der Waals surface area contributed by atoms with Gasteiger partial charge in [0.1, 0.15) is 0 Å². The molecule has 0 aliphatic rings. The summed E-state index contributed by atoms with van der Waals surface area (Å²) < 4.78 is 30.2. The van der Waals surface area contributed by atoms with E-state index in [1.54, 1.807) is 5.48 Å². The lowest BCUT2D eigenvalue weighted by Gasteiger charge is -2.19. The lowest BCUT2D eigenvalue weighted by molar-refractivity contribution is -0.146. The van der Waals surface area contributed by atoms with Gasteiger partial charge in [-0.2, -0.15) is 0 Å². The van der Waals surface area contributed by atoms with Gasteiger partial charge >= 0.3 is 12.1 Å². The van der Waals surface area contributed by atoms with Crippen LogP contribution in [0.5, 0.6) is 0 Å². The van der Waals surface area contributed by atoms with Gasteiger partial charge in [-0.3, -0.25) is 0 Å². The average Bonchev–Trinajstić information content (AvgIpc) is 2.22. The van der Waals surface area contributed by atoms with Crippen LogP contribution in [0.4, 0.5) is 13.6 Å². The van der Waals surface area contributed by atoms with Crippen molar-refractivity contribution in [1.29, 1.82) is 0 Å². The van der Waals surface area contributed by atoms with Crippen LogP contribution in [0.3, 0.4) is 0 Å². The third-order valence-corrected chi connectivity index (χ3v) is 1.82. The van der Waals surface area contributed by atoms with Crippen LogP contribution in [0, 0.1) is 5.92 Å². The van der Waals surface area contributed by atoms with Crippen LogP contribution in [0.2, 0.25) is 0 Å². The van der Waals surface area contributed by atoms with Gasteiger partial charge in [-0.05, 0) is 6.92 Å². The van der Waals surface area contributed by atoms with E-state index in [0.717, 1.165) is 0 Å². The summed E-state index contributed by atoms with van der Waals surface area (Å²) in [5, 5.41) is 0. The maximum Gasteiger partial charge on any atom is 0.440 e. The molecule has 0 spiro atoms. The Labute approximate surface area is 97.7 Å². The van der Waals surface area contributed by atoms with Crippen molar-refractivity contribution < 1.29 is 27.9 Å². The summed E-state index contributed by atoms with van der Waals surface area (Å²) >= 11 is 0. The van der Waals surface area contributed by atoms with Gasteiger partial charge in [-0.25, -0.2) is 18.4 Å². The Morgan fingerprint density at radius 3 is 2.35 bits per heavy atom. The monoisotopic (exact) mass is 251 g/mol. The molecule has 1 amide bonds. The quantitative estimate of drug-likeness (QED) is 0.613. The van der Waals surface area contributed by atoms with Crippen molar-refractivity contribution in [3.05, 3.63) is 12.2 Å². The van der Waals surface area contributed by atoms with Gasteiger partial charge in [0.05, 0.1) is 0 Å². The highest BCUT2D eigenvalue weighted by molar-refractivity contribution is 5.87. The van der Waals surface area contributed by atoms with Gasteiger partial charge in [0, 0.05) is 11.5 Å². The molecule has 0 aromatic rings. The molecule has 5 nitrogen and oxygen atoms in total. The molecule has 0 heterocycles. The van der Waals surface area contributed by atoms with Gasteiger partial charge < -0.3 is 9.57 Å². The summed E-state index contributed by atoms with van der Waals surface area (Å²) in [6.45, 7) is 6.12. The molecule has 17 heavy (non-hydrogen) atoms. The zero-order valence-corrected chi connectivity index (χ0v) is 9.88. The van der Waals surface area contributed by atoms with Crippen LogP contribution in [-0.4, -0.2) is 24.6 Å². The summed E-state index contributed by atoms with van der Waals surface area (Å²) in [4.78, 5) is 25.9. The number of carbonyl (C=O) groups is 2. The van der Waals surface area contributed by atoms with Crippen LogP contribution in [0.25, 0.3) is 0 Å². The van der Waals surface area contributed by atoms with E-state index in [-0.39, 0.29) is 5.57 Å². The minimum absolute atomic E-state index is 0.0535. The van der Waals surface area contributed by atoms with Crippen LogP contribution in [0.1, 0.15) is 20.8 Å². The van der Waals surface area contributed by atoms with Gasteiger partial charge in [-0.1, -0.05) is 20.4 Å². The maximum atomic E-state index is 13.0. The first-order valence-electron chi connectivity index (χ1n) is 4.84. The molecule has 0 saturated heterocycles. The minimum atomic E-state index is -3.13. The SMILES string of the molecule is C=C(C)C(=O)ONC(=O)OCC(F)(F)C(C)C. The zero-order chi connectivity index (χ0) is 13.6. The van der Waals surface area contributed by atoms with E-state index >= 15 is 0 Å². The molecule has 0 aromatic heterocycles. The molecule has 0 aromatic carbocycles. The lowest BCUT2D eigenvalue weighted by atomic mass is 10.1. The average molecular weight is 251 g/mol. The number of nitrogens with one attached hydrogen (secondary N) is 1. The van der Waals surface area contributed by atoms with Crippen LogP contribution < -0.4 is 5.48 Å². The van der Waals surface area contributed by atoms with Crippen LogP contribution >= 0.6 is 0 Å². The Kier molecular flexibility index (Phi) is 5.57. The second-order valence-electron chi connectivity index (χ2n) is 3.76. The Morgan fingerprint density at radius 2 is 1.94 bits per heavy atom. The summed E-state index contributed by atoms with van der Waals surface area (Å²) in [7, 11) is 0. The van der Waals surface area contributed by atoms with Crippen molar-refractivity contribution >= 4 is 12.1 Å². The first-order valence-corrected chi connectivity index (χ1v) is 4.84. The third kappa shape index (κ3) is 5.84. The van der Waals surface area contributed by atoms with Gasteiger partial charge in [0.25, 0.3) is 5.92 Å². The number of alkyl halides is 2. The largest absolute Gasteiger partial charge is 0.441 e. The topological polar surface area (TPSA) is 64.6 Å². The second-order valence-corrected chi connectivity index (χ2v) is 3.76. The van der Waals surface area contributed by atoms with Crippen molar-refractivity contribution in [3.8, 4) is 0 Å². The molecule has 0 rings (SSSR count). The molecular weight excluding hydrogens is 236 g/mol. The van der Waals surface area contributed by atoms with Crippen LogP contribution in [0.15, 0.2) is 12.2 Å². The highest BCUT2D eigenvalue weighted by Crippen LogP contribution is 2.23. The molecular formula is C10H15F2NO4. The zero-order valence-electron chi connectivity index (χ0n) is 9.88. The van der Waals surface area contributed by atoms with Crippen molar-refractivity contribution in [2.45, 2.75) is 26.7 Å². The van der Waals surface area contributed by atoms with E-state index in [2.05, 4.69) is 16.2 Å². The van der Waals surface area contributed by atoms with E-state index in [0.29, 0.717) is 0 Å². The summed E-state index contributed by atoms with van der Waals surface area (Å²) in [6.07, 6.45) is -1.26. The minimum Gasteiger partial charge on any atom is -0.441 e. The Balaban J connectivity index is 3.97. The van der Waals surface area contributed by atoms with Crippen LogP contribution in [-0.2, 0) is 14.4 Å². The fraction of sp³-hybridized carbons (Fsp3) is 0.600. The van der Waals surface area contributed by atoms with E-state index < -0.39 is 30.5 Å². The van der Waals surface area contributed by atoms with Gasteiger partial charge in [0.2, 0.25) is 0 Å². The van der Waals surface area contributed by atoms with E-state index in [9.17, 15) is 18.4 Å². The van der Waals surface area contributed by atoms with Crippen molar-refractivity contribution in [1.82, 2.24) is 5.48 Å². The standard InChI is InChI=1S/C10H15F2NO4/c1-6(2)8(14)17-13-9(15)16-5-10(11,12)7(3)4/h7H,1,5H2,2-4H3,(H,13,15). The number of halogens is 2. The first-order chi connectivity index (χ1) is 7.66. The molecule has 0 bridgehead atoms. The van der Waals surface area contributed by atoms with Crippen molar-refractivity contribution in [3.63, 3.8) is 0 Å². The molecule has 0 aliphatic carbocycles. The third-order valence-electron chi connectivity index (χ3n) is 1.82. The number of ether oxygens (including phenoxy) is 1. The Hall–Kier alpha value is -1.66. The van der Waals surface area contributed by atoms with E-state index in [4.69, 9.17) is 0 Å². The Morgan fingerprint density at radius 1 is 1.41 bits per heavy atom. The fourth-order valence-corrected chi connectivity index (χ4v) is 0.533. The molecule has 1 N–H and O–H groups in total. The molecule has 0 radical (unpaired) electrons. The van der Waals surface area contributed by atoms with E-state index in [1.807, 2.05) is 0 Å². The normalized spacial score (nSPS) is 10.9. The highest BCUT2D eigenvalue weighted by Gasteiger charge is 2.35. The number of hydroxylamine groups is 1. The predicted octanol–water partition coefficient (Wildman–Crippen LogP) is 2.04. The smallest absolute Gasteiger partial charge is 0.440 e. The molecule has 0 atom stereocenters. The van der Waals surface area contributed by atoms with Gasteiger partial charge in [-0.15, -0.1) is 5.48 Å². The maximum absolute atomic E-state index is 13.0. The molecule has 7 heteroatoms. The van der Waals surface area contributed by atoms with Gasteiger partial charge in [0.15, 0.2) is 6.61 Å². The number of amides is 1. The first kappa shape index (κ1) is 15.3. The molecule has 0 unspecified atom stereocenters. The predicted molar refractivity (Wildman–Crippen MR) is 55.2 cm³/mol. The number of hydrogen-bond acceptors (Lipinski definition) is 4. The van der Waals surface area contributed by atoms with Crippen molar-refractivity contribution in [2.24, 2.45) is 5.92 Å². The second kappa shape index (κ2) is 6.17. The lowest BCUT2D eigenvalue weighted by Crippen LogP contribution is -2.35. The highest BCUT2D eigenvalue weighted by atomic mass is 19.3. The molecule has 0 aliphatic heterocycles. The Bertz CT molecular complexity index is 315. The molecule has 0 saturated carbocycles. The molecule has 0 fully saturated rings. The number of carbonyl (C=O) groups excluding carboxylic acids is 2. The molecule has 98 valence electrons. The number of hydrogen-bond donors (Lipinski definition) is 1. The summed E-state index contributed by atoms with van der Waals surface area (Å²) in [5.41, 5.74) is 1.62. The van der Waals surface area contributed by atoms with Crippen molar-refractivity contribution in [2.75, 3.05) is 6.61 Å². The summed E-state index contributed by atoms with van der Waals surface area (Å²) in [5.74, 6) is -4.97. The fourth-order valence-electron chi connectivity index (χ4n) is 0.533. The van der Waals surface area contributed by atoms with E-state index in [1.165, 1.54) is 20.8 Å². The number of rotatable bonds is 4. The summed E-state index contributed by atoms with van der Waals surface area (Å²) in [6, 6.07) is 0.